The molecule has 0 radical (unpaired) electrons. The van der Waals surface area contributed by atoms with E-state index in [0.29, 0.717) is 59.3 Å². The summed E-state index contributed by atoms with van der Waals surface area (Å²) in [6.45, 7) is 2.35. The number of aryl methyl sites for hydroxylation is 2. The summed E-state index contributed by atoms with van der Waals surface area (Å²) in [5, 5.41) is 2.21. The number of alkyl halides is 2. The second-order valence-corrected chi connectivity index (χ2v) is 11.6. The van der Waals surface area contributed by atoms with Crippen LogP contribution in [0.25, 0.3) is 33.6 Å². The summed E-state index contributed by atoms with van der Waals surface area (Å²) in [5.74, 6) is -4.53. The summed E-state index contributed by atoms with van der Waals surface area (Å²) >= 11 is 0.689. The molecule has 1 N–H and O–H groups in total. The van der Waals surface area contributed by atoms with Crippen LogP contribution in [0.2, 0.25) is 0 Å². The Hall–Kier alpha value is -3.54. The number of methoxy groups -OCH3 is 1. The lowest BCUT2D eigenvalue weighted by Gasteiger charge is -2.14. The number of aromatic nitrogens is 4. The van der Waals surface area contributed by atoms with Gasteiger partial charge >= 0.3 is 5.97 Å². The van der Waals surface area contributed by atoms with E-state index in [-0.39, 0.29) is 5.56 Å². The smallest absolute Gasteiger partial charge is 0.340 e. The maximum absolute atomic E-state index is 14.7. The molecule has 8 nitrogen and oxygen atoms in total. The third-order valence-electron chi connectivity index (χ3n) is 7.91. The van der Waals surface area contributed by atoms with E-state index in [2.05, 4.69) is 5.32 Å². The number of ether oxygens (including phenoxy) is 1. The van der Waals surface area contributed by atoms with Crippen molar-refractivity contribution in [3.8, 4) is 11.5 Å². The fourth-order valence-electron chi connectivity index (χ4n) is 5.58. The largest absolute Gasteiger partial charge is 0.465 e. The quantitative estimate of drug-likeness (QED) is 0.287. The number of benzene rings is 1. The van der Waals surface area contributed by atoms with E-state index in [4.69, 9.17) is 14.7 Å². The molecular formula is C28H28F3N5O3S. The monoisotopic (exact) mass is 571 g/mol. The summed E-state index contributed by atoms with van der Waals surface area (Å²) in [6.07, 6.45) is 2.47. The number of carbonyl (C=O) groups excluding carboxylic acids is 2. The van der Waals surface area contributed by atoms with Gasteiger partial charge < -0.3 is 19.2 Å². The minimum absolute atomic E-state index is 0.193. The zero-order valence-corrected chi connectivity index (χ0v) is 23.0. The Balaban J connectivity index is 1.42. The van der Waals surface area contributed by atoms with Crippen molar-refractivity contribution >= 4 is 45.0 Å². The molecule has 4 heterocycles. The number of hydrogen-bond donors (Lipinski definition) is 1. The van der Waals surface area contributed by atoms with E-state index < -0.39 is 40.2 Å². The molecule has 210 valence electrons. The molecule has 4 aromatic rings. The van der Waals surface area contributed by atoms with Crippen molar-refractivity contribution in [2.45, 2.75) is 56.4 Å². The van der Waals surface area contributed by atoms with E-state index in [1.54, 1.807) is 18.5 Å². The van der Waals surface area contributed by atoms with Crippen LogP contribution in [0.3, 0.4) is 0 Å². The average molecular weight is 572 g/mol. The average Bonchev–Trinajstić information content (AvgIpc) is 3.18. The predicted molar refractivity (Wildman–Crippen MR) is 146 cm³/mol. The minimum Gasteiger partial charge on any atom is -0.465 e. The first-order valence-electron chi connectivity index (χ1n) is 13.2. The molecule has 1 aliphatic heterocycles. The number of thioether (sulfide) groups is 1. The van der Waals surface area contributed by atoms with Gasteiger partial charge in [0.2, 0.25) is 0 Å². The van der Waals surface area contributed by atoms with Gasteiger partial charge in [-0.25, -0.2) is 27.9 Å². The number of carbonyl (C=O) groups is 2. The second-order valence-electron chi connectivity index (χ2n) is 10.5. The van der Waals surface area contributed by atoms with Gasteiger partial charge in [-0.15, -0.1) is 0 Å². The highest BCUT2D eigenvalue weighted by molar-refractivity contribution is 8.14. The van der Waals surface area contributed by atoms with Gasteiger partial charge in [0.15, 0.2) is 5.82 Å². The fourth-order valence-corrected chi connectivity index (χ4v) is 6.79. The van der Waals surface area contributed by atoms with E-state index in [1.807, 2.05) is 22.8 Å². The number of pyridine rings is 1. The van der Waals surface area contributed by atoms with Crippen molar-refractivity contribution in [1.82, 2.24) is 24.4 Å². The number of nitrogens with one attached hydrogen (secondary N) is 1. The van der Waals surface area contributed by atoms with E-state index >= 15 is 0 Å². The third kappa shape index (κ3) is 4.42. The van der Waals surface area contributed by atoms with Gasteiger partial charge in [-0.2, -0.15) is 0 Å². The molecule has 1 saturated carbocycles. The molecule has 40 heavy (non-hydrogen) atoms. The Labute approximate surface area is 232 Å². The molecule has 1 amide bonds. The number of nitrogens with zero attached hydrogens (tertiary/aromatic N) is 4. The van der Waals surface area contributed by atoms with Crippen LogP contribution in [0.4, 0.5) is 18.0 Å². The highest BCUT2D eigenvalue weighted by atomic mass is 32.2. The van der Waals surface area contributed by atoms with Crippen molar-refractivity contribution in [2.75, 3.05) is 7.11 Å². The van der Waals surface area contributed by atoms with E-state index in [1.165, 1.54) is 19.2 Å². The Bertz CT molecular complexity index is 1670. The van der Waals surface area contributed by atoms with Crippen LogP contribution in [0.1, 0.15) is 54.7 Å². The molecule has 2 aliphatic rings. The van der Waals surface area contributed by atoms with Gasteiger partial charge in [-0.3, -0.25) is 4.79 Å². The summed E-state index contributed by atoms with van der Waals surface area (Å²) in [7, 11) is 2.97. The molecule has 1 fully saturated rings. The Morgan fingerprint density at radius 2 is 1.98 bits per heavy atom. The maximum Gasteiger partial charge on any atom is 0.340 e. The first-order valence-corrected chi connectivity index (χ1v) is 14.1. The van der Waals surface area contributed by atoms with Crippen LogP contribution in [-0.4, -0.2) is 48.6 Å². The van der Waals surface area contributed by atoms with Crippen molar-refractivity contribution in [2.24, 2.45) is 13.0 Å². The lowest BCUT2D eigenvalue weighted by Crippen LogP contribution is -2.24. The standard InChI is InChI=1S/C28H28F3N5O3S/c1-14-19-9-8-15-11-22(25-34-20-12-16(26(37)39-3)18(29)13-21(20)35(25)2)36(24(15)33-19)10-6-4-5-7-17-23(28(17,30)31)40-27(38)32-14/h8-9,11-14,17,23H,4-7,10H2,1-3H3,(H,32,38)/t14-,17-,23?/m1/s1. The number of amides is 1. The zero-order valence-electron chi connectivity index (χ0n) is 22.2. The highest BCUT2D eigenvalue weighted by Gasteiger charge is 2.68. The Morgan fingerprint density at radius 3 is 2.75 bits per heavy atom. The third-order valence-corrected chi connectivity index (χ3v) is 9.14. The number of hydrogen-bond acceptors (Lipinski definition) is 6. The summed E-state index contributed by atoms with van der Waals surface area (Å²) in [6, 6.07) is 7.85. The molecule has 3 atom stereocenters. The van der Waals surface area contributed by atoms with Crippen molar-refractivity contribution in [3.05, 3.63) is 47.4 Å². The van der Waals surface area contributed by atoms with Gasteiger partial charge in [0.05, 0.1) is 46.4 Å². The lowest BCUT2D eigenvalue weighted by atomic mass is 10.1. The normalized spacial score (nSPS) is 22.9. The molecule has 2 bridgehead atoms. The van der Waals surface area contributed by atoms with Gasteiger partial charge in [0.25, 0.3) is 11.2 Å². The molecule has 1 unspecified atom stereocenters. The Kier molecular flexibility index (Phi) is 6.55. The lowest BCUT2D eigenvalue weighted by molar-refractivity contribution is 0.0595. The second kappa shape index (κ2) is 9.83. The molecule has 3 aromatic heterocycles. The maximum atomic E-state index is 14.7. The zero-order chi connectivity index (χ0) is 28.3. The fraction of sp³-hybridized carbons (Fsp3) is 0.429. The van der Waals surface area contributed by atoms with Gasteiger partial charge in [0.1, 0.15) is 11.5 Å². The highest BCUT2D eigenvalue weighted by Crippen LogP contribution is 2.58. The van der Waals surface area contributed by atoms with Crippen LogP contribution in [-0.2, 0) is 18.3 Å². The van der Waals surface area contributed by atoms with Crippen LogP contribution in [0.5, 0.6) is 0 Å². The van der Waals surface area contributed by atoms with Crippen molar-refractivity contribution in [1.29, 1.82) is 0 Å². The molecular weight excluding hydrogens is 543 g/mol. The molecule has 1 aliphatic carbocycles. The van der Waals surface area contributed by atoms with Crippen molar-refractivity contribution < 1.29 is 27.5 Å². The number of rotatable bonds is 2. The molecule has 0 spiro atoms. The molecule has 12 heteroatoms. The van der Waals surface area contributed by atoms with Crippen LogP contribution < -0.4 is 5.32 Å². The molecule has 1 aromatic carbocycles. The summed E-state index contributed by atoms with van der Waals surface area (Å²) in [4.78, 5) is 34.2. The van der Waals surface area contributed by atoms with Crippen LogP contribution in [0, 0.1) is 11.7 Å². The minimum atomic E-state index is -2.83. The molecule has 6 rings (SSSR count). The van der Waals surface area contributed by atoms with Gasteiger partial charge in [0, 0.05) is 31.0 Å². The summed E-state index contributed by atoms with van der Waals surface area (Å²) in [5.41, 5.74) is 2.83. The topological polar surface area (TPSA) is 91.0 Å². The number of esters is 1. The molecule has 0 saturated heterocycles. The van der Waals surface area contributed by atoms with Gasteiger partial charge in [-0.05, 0) is 44.0 Å². The van der Waals surface area contributed by atoms with Crippen LogP contribution in [0.15, 0.2) is 30.3 Å². The number of fused-ring (bicyclic) bond motifs is 3. The predicted octanol–water partition coefficient (Wildman–Crippen LogP) is 6.23. The van der Waals surface area contributed by atoms with Gasteiger partial charge in [-0.1, -0.05) is 24.6 Å². The first kappa shape index (κ1) is 26.7. The number of imidazole rings is 1. The van der Waals surface area contributed by atoms with Crippen molar-refractivity contribution in [3.63, 3.8) is 0 Å². The SMILES string of the molecule is COC(=O)c1cc2nc(-c3cc4ccc5nc4n3CCCCC[C@@H]3C(SC(=O)N[C@@H]5C)C3(F)F)n(C)c2cc1F. The first-order chi connectivity index (χ1) is 19.1. The Morgan fingerprint density at radius 1 is 1.18 bits per heavy atom. The number of halogens is 3. The van der Waals surface area contributed by atoms with E-state index in [0.717, 1.165) is 23.9 Å². The summed E-state index contributed by atoms with van der Waals surface area (Å²) < 4.78 is 51.9. The van der Waals surface area contributed by atoms with E-state index in [9.17, 15) is 22.8 Å². The van der Waals surface area contributed by atoms with Crippen LogP contribution >= 0.6 is 11.8 Å².